The molecule has 180 valence electrons. The molecular weight excluding hydrogens is 428 g/mol. The third-order valence-corrected chi connectivity index (χ3v) is 7.13. The SMILES string of the molecule is COc1cc(O)c(-c2c(C(=O)O[C@@H]3C[C@H](C)CC[C@H]3C(C)C)ccc3ccccc23)c(OC)c1. The van der Waals surface area contributed by atoms with Crippen LogP contribution in [0.5, 0.6) is 17.2 Å². The minimum atomic E-state index is -0.372. The van der Waals surface area contributed by atoms with Crippen LogP contribution in [0.3, 0.4) is 0 Å². The molecule has 0 heterocycles. The molecule has 3 atom stereocenters. The Kier molecular flexibility index (Phi) is 7.01. The highest BCUT2D eigenvalue weighted by Gasteiger charge is 2.34. The van der Waals surface area contributed by atoms with E-state index in [-0.39, 0.29) is 17.8 Å². The molecule has 5 nitrogen and oxygen atoms in total. The van der Waals surface area contributed by atoms with Crippen molar-refractivity contribution in [1.29, 1.82) is 0 Å². The average molecular weight is 463 g/mol. The second kappa shape index (κ2) is 9.96. The standard InChI is InChI=1S/C29H34O5/c1-17(2)21-12-10-18(3)14-25(21)34-29(31)23-13-11-19-8-6-7-9-22(19)27(23)28-24(30)15-20(32-4)16-26(28)33-5/h6-9,11,13,15-18,21,25,30H,10,12,14H2,1-5H3/t18-,21+,25-/m1/s1. The lowest BCUT2D eigenvalue weighted by molar-refractivity contribution is -0.0173. The average Bonchev–Trinajstić information content (AvgIpc) is 2.82. The van der Waals surface area contributed by atoms with Gasteiger partial charge in [0, 0.05) is 17.7 Å². The number of phenols is 1. The number of carbonyl (C=O) groups is 1. The highest BCUT2D eigenvalue weighted by Crippen LogP contribution is 2.46. The molecule has 0 unspecified atom stereocenters. The number of rotatable bonds is 6. The molecule has 0 spiro atoms. The van der Waals surface area contributed by atoms with Gasteiger partial charge in [-0.2, -0.15) is 0 Å². The molecule has 34 heavy (non-hydrogen) atoms. The van der Waals surface area contributed by atoms with Crippen LogP contribution in [0.4, 0.5) is 0 Å². The molecule has 0 saturated heterocycles. The van der Waals surface area contributed by atoms with E-state index in [2.05, 4.69) is 20.8 Å². The Morgan fingerprint density at radius 1 is 1.00 bits per heavy atom. The predicted molar refractivity (Wildman–Crippen MR) is 135 cm³/mol. The van der Waals surface area contributed by atoms with Gasteiger partial charge < -0.3 is 19.3 Å². The highest BCUT2D eigenvalue weighted by molar-refractivity contribution is 6.10. The fourth-order valence-corrected chi connectivity index (χ4v) is 5.27. The lowest BCUT2D eigenvalue weighted by Crippen LogP contribution is -2.36. The minimum Gasteiger partial charge on any atom is -0.507 e. The zero-order valence-corrected chi connectivity index (χ0v) is 20.6. The number of esters is 1. The molecule has 0 amide bonds. The van der Waals surface area contributed by atoms with Crippen molar-refractivity contribution < 1.29 is 24.1 Å². The number of methoxy groups -OCH3 is 2. The fraction of sp³-hybridized carbons (Fsp3) is 0.414. The van der Waals surface area contributed by atoms with Gasteiger partial charge in [0.05, 0.1) is 25.3 Å². The molecule has 1 N–H and O–H groups in total. The summed E-state index contributed by atoms with van der Waals surface area (Å²) in [7, 11) is 3.07. The molecule has 3 aromatic carbocycles. The molecule has 1 aliphatic rings. The van der Waals surface area contributed by atoms with Gasteiger partial charge in [-0.05, 0) is 47.4 Å². The van der Waals surface area contributed by atoms with E-state index >= 15 is 0 Å². The quantitative estimate of drug-likeness (QED) is 0.406. The number of hydrogen-bond acceptors (Lipinski definition) is 5. The van der Waals surface area contributed by atoms with E-state index in [0.717, 1.165) is 30.0 Å². The van der Waals surface area contributed by atoms with Crippen LogP contribution in [0.2, 0.25) is 0 Å². The summed E-state index contributed by atoms with van der Waals surface area (Å²) in [4.78, 5) is 13.7. The van der Waals surface area contributed by atoms with E-state index in [9.17, 15) is 9.90 Å². The summed E-state index contributed by atoms with van der Waals surface area (Å²) in [5.74, 6) is 1.80. The molecule has 1 aliphatic carbocycles. The van der Waals surface area contributed by atoms with Gasteiger partial charge in [-0.1, -0.05) is 57.5 Å². The van der Waals surface area contributed by atoms with Gasteiger partial charge in [0.1, 0.15) is 23.4 Å². The van der Waals surface area contributed by atoms with E-state index in [4.69, 9.17) is 14.2 Å². The molecule has 0 radical (unpaired) electrons. The Labute approximate surface area is 201 Å². The maximum absolute atomic E-state index is 13.7. The lowest BCUT2D eigenvalue weighted by Gasteiger charge is -2.36. The molecule has 1 fully saturated rings. The van der Waals surface area contributed by atoms with E-state index < -0.39 is 0 Å². The number of ether oxygens (including phenoxy) is 3. The molecule has 0 bridgehead atoms. The summed E-state index contributed by atoms with van der Waals surface area (Å²) in [6, 6.07) is 14.8. The van der Waals surface area contributed by atoms with Crippen molar-refractivity contribution in [1.82, 2.24) is 0 Å². The van der Waals surface area contributed by atoms with Crippen LogP contribution >= 0.6 is 0 Å². The maximum Gasteiger partial charge on any atom is 0.339 e. The van der Waals surface area contributed by atoms with Gasteiger partial charge in [0.15, 0.2) is 0 Å². The van der Waals surface area contributed by atoms with Crippen molar-refractivity contribution in [2.24, 2.45) is 17.8 Å². The van der Waals surface area contributed by atoms with Crippen molar-refractivity contribution in [3.8, 4) is 28.4 Å². The smallest absolute Gasteiger partial charge is 0.339 e. The summed E-state index contributed by atoms with van der Waals surface area (Å²) < 4.78 is 17.1. The number of fused-ring (bicyclic) bond motifs is 1. The number of phenolic OH excluding ortho intramolecular Hbond substituents is 1. The molecule has 5 heteroatoms. The van der Waals surface area contributed by atoms with Crippen LogP contribution < -0.4 is 9.47 Å². The predicted octanol–water partition coefficient (Wildman–Crippen LogP) is 6.85. The van der Waals surface area contributed by atoms with E-state index in [1.807, 2.05) is 30.3 Å². The van der Waals surface area contributed by atoms with Gasteiger partial charge in [-0.15, -0.1) is 0 Å². The largest absolute Gasteiger partial charge is 0.507 e. The summed E-state index contributed by atoms with van der Waals surface area (Å²) in [6.45, 7) is 6.62. The van der Waals surface area contributed by atoms with E-state index in [0.29, 0.717) is 45.9 Å². The van der Waals surface area contributed by atoms with Gasteiger partial charge in [-0.3, -0.25) is 0 Å². The third-order valence-electron chi connectivity index (χ3n) is 7.13. The first-order chi connectivity index (χ1) is 16.3. The normalized spacial score (nSPS) is 20.4. The van der Waals surface area contributed by atoms with Gasteiger partial charge in [-0.25, -0.2) is 4.79 Å². The molecule has 0 aromatic heterocycles. The first kappa shape index (κ1) is 23.9. The zero-order valence-electron chi connectivity index (χ0n) is 20.6. The highest BCUT2D eigenvalue weighted by atomic mass is 16.5. The molecular formula is C29H34O5. The Balaban J connectivity index is 1.85. The Morgan fingerprint density at radius 2 is 1.76 bits per heavy atom. The van der Waals surface area contributed by atoms with Crippen molar-refractivity contribution >= 4 is 16.7 Å². The van der Waals surface area contributed by atoms with E-state index in [1.54, 1.807) is 12.1 Å². The Bertz CT molecular complexity index is 1180. The van der Waals surface area contributed by atoms with Crippen LogP contribution in [0.25, 0.3) is 21.9 Å². The molecule has 3 aromatic rings. The molecule has 4 rings (SSSR count). The number of carbonyl (C=O) groups excluding carboxylic acids is 1. The zero-order chi connectivity index (χ0) is 24.4. The Hall–Kier alpha value is -3.21. The number of hydrogen-bond donors (Lipinski definition) is 1. The monoisotopic (exact) mass is 462 g/mol. The van der Waals surface area contributed by atoms with Crippen molar-refractivity contribution in [3.63, 3.8) is 0 Å². The van der Waals surface area contributed by atoms with Crippen LogP contribution in [0, 0.1) is 17.8 Å². The lowest BCUT2D eigenvalue weighted by atomic mass is 9.75. The number of benzene rings is 3. The van der Waals surface area contributed by atoms with Crippen LogP contribution in [-0.2, 0) is 4.74 Å². The maximum atomic E-state index is 13.7. The third kappa shape index (κ3) is 4.56. The van der Waals surface area contributed by atoms with Crippen LogP contribution in [-0.4, -0.2) is 31.4 Å². The van der Waals surface area contributed by atoms with Crippen molar-refractivity contribution in [2.45, 2.75) is 46.1 Å². The summed E-state index contributed by atoms with van der Waals surface area (Å²) in [5.41, 5.74) is 1.47. The number of aromatic hydroxyl groups is 1. The summed E-state index contributed by atoms with van der Waals surface area (Å²) in [5, 5.41) is 12.8. The fourth-order valence-electron chi connectivity index (χ4n) is 5.27. The van der Waals surface area contributed by atoms with Gasteiger partial charge in [0.25, 0.3) is 0 Å². The van der Waals surface area contributed by atoms with Crippen molar-refractivity contribution in [2.75, 3.05) is 14.2 Å². The summed E-state index contributed by atoms with van der Waals surface area (Å²) in [6.07, 6.45) is 2.97. The Morgan fingerprint density at radius 3 is 2.47 bits per heavy atom. The minimum absolute atomic E-state index is 0.0204. The first-order valence-electron chi connectivity index (χ1n) is 12.0. The van der Waals surface area contributed by atoms with Crippen LogP contribution in [0.1, 0.15) is 50.4 Å². The van der Waals surface area contributed by atoms with Crippen LogP contribution in [0.15, 0.2) is 48.5 Å². The van der Waals surface area contributed by atoms with E-state index in [1.165, 1.54) is 20.3 Å². The van der Waals surface area contributed by atoms with Crippen molar-refractivity contribution in [3.05, 3.63) is 54.1 Å². The summed E-state index contributed by atoms with van der Waals surface area (Å²) >= 11 is 0. The van der Waals surface area contributed by atoms with Gasteiger partial charge >= 0.3 is 5.97 Å². The molecule has 0 aliphatic heterocycles. The second-order valence-electron chi connectivity index (χ2n) is 9.70. The second-order valence-corrected chi connectivity index (χ2v) is 9.70. The topological polar surface area (TPSA) is 65.0 Å². The van der Waals surface area contributed by atoms with Gasteiger partial charge in [0.2, 0.25) is 0 Å². The molecule has 1 saturated carbocycles. The first-order valence-corrected chi connectivity index (χ1v) is 12.0.